The quantitative estimate of drug-likeness (QED) is 0.872. The predicted octanol–water partition coefficient (Wildman–Crippen LogP) is 2.47. The Hall–Kier alpha value is -1.29. The summed E-state index contributed by atoms with van der Waals surface area (Å²) >= 11 is 5.87. The minimum atomic E-state index is 0.378. The molecule has 2 heterocycles. The van der Waals surface area contributed by atoms with Gasteiger partial charge in [-0.3, -0.25) is 4.57 Å². The lowest BCUT2D eigenvalue weighted by molar-refractivity contribution is 0.475. The van der Waals surface area contributed by atoms with Crippen LogP contribution in [-0.2, 0) is 6.54 Å². The zero-order valence-corrected chi connectivity index (χ0v) is 9.83. The molecule has 0 amide bonds. The molecule has 5 heteroatoms. The van der Waals surface area contributed by atoms with Crippen molar-refractivity contribution in [2.75, 3.05) is 5.73 Å². The normalized spacial score (nSPS) is 17.9. The largest absolute Gasteiger partial charge is 0.369 e. The number of nitrogens with two attached hydrogens (primary N) is 1. The number of imidazole rings is 1. The van der Waals surface area contributed by atoms with Crippen molar-refractivity contribution in [1.82, 2.24) is 14.5 Å². The Labute approximate surface area is 98.4 Å². The van der Waals surface area contributed by atoms with Gasteiger partial charge in [0.1, 0.15) is 5.52 Å². The summed E-state index contributed by atoms with van der Waals surface area (Å²) in [5, 5.41) is 0.592. The van der Waals surface area contributed by atoms with Crippen molar-refractivity contribution in [3.63, 3.8) is 0 Å². The molecule has 16 heavy (non-hydrogen) atoms. The van der Waals surface area contributed by atoms with E-state index in [-0.39, 0.29) is 0 Å². The van der Waals surface area contributed by atoms with Crippen LogP contribution in [0.3, 0.4) is 0 Å². The van der Waals surface area contributed by atoms with Crippen molar-refractivity contribution < 1.29 is 0 Å². The van der Waals surface area contributed by atoms with Crippen LogP contribution in [0.15, 0.2) is 12.3 Å². The molecule has 1 saturated carbocycles. The van der Waals surface area contributed by atoms with Crippen molar-refractivity contribution in [1.29, 1.82) is 0 Å². The number of nitrogen functional groups attached to an aromatic ring is 1. The average molecular weight is 237 g/mol. The summed E-state index contributed by atoms with van der Waals surface area (Å²) in [5.41, 5.74) is 7.89. The van der Waals surface area contributed by atoms with Gasteiger partial charge in [-0.05, 0) is 24.3 Å². The molecule has 0 unspecified atom stereocenters. The van der Waals surface area contributed by atoms with Crippen molar-refractivity contribution in [3.8, 4) is 0 Å². The topological polar surface area (TPSA) is 56.7 Å². The van der Waals surface area contributed by atoms with E-state index in [2.05, 4.69) is 16.9 Å². The molecule has 2 aromatic rings. The average Bonchev–Trinajstić information content (AvgIpc) is 2.86. The van der Waals surface area contributed by atoms with E-state index in [1.54, 1.807) is 12.3 Å². The fourth-order valence-electron chi connectivity index (χ4n) is 1.91. The Bertz CT molecular complexity index is 556. The molecule has 2 aromatic heterocycles. The van der Waals surface area contributed by atoms with Crippen molar-refractivity contribution in [2.45, 2.75) is 26.3 Å². The zero-order valence-electron chi connectivity index (χ0n) is 9.07. The minimum absolute atomic E-state index is 0.378. The third-order valence-electron chi connectivity index (χ3n) is 3.22. The first-order valence-electron chi connectivity index (χ1n) is 5.35. The highest BCUT2D eigenvalue weighted by Crippen LogP contribution is 2.47. The molecule has 0 aliphatic heterocycles. The van der Waals surface area contributed by atoms with Crippen LogP contribution in [0.1, 0.15) is 19.8 Å². The van der Waals surface area contributed by atoms with Gasteiger partial charge in [0, 0.05) is 12.7 Å². The van der Waals surface area contributed by atoms with E-state index in [0.29, 0.717) is 16.4 Å². The zero-order chi connectivity index (χ0) is 11.3. The number of rotatable bonds is 2. The third-order valence-corrected chi connectivity index (χ3v) is 3.43. The lowest BCUT2D eigenvalue weighted by Crippen LogP contribution is -2.11. The fourth-order valence-corrected chi connectivity index (χ4v) is 2.07. The van der Waals surface area contributed by atoms with Gasteiger partial charge in [0.05, 0.1) is 5.02 Å². The standard InChI is InChI=1S/C11H13ClN4/c1-11(2-3-11)6-16-9-8(15-10(16)13)4-7(12)5-14-9/h4-5H,2-3,6H2,1H3,(H2,13,15). The van der Waals surface area contributed by atoms with E-state index in [1.165, 1.54) is 12.8 Å². The Balaban J connectivity index is 2.12. The minimum Gasteiger partial charge on any atom is -0.369 e. The molecule has 1 aliphatic rings. The smallest absolute Gasteiger partial charge is 0.202 e. The van der Waals surface area contributed by atoms with E-state index in [0.717, 1.165) is 17.7 Å². The molecule has 4 nitrogen and oxygen atoms in total. The summed E-state index contributed by atoms with van der Waals surface area (Å²) < 4.78 is 1.98. The number of aromatic nitrogens is 3. The van der Waals surface area contributed by atoms with Crippen molar-refractivity contribution in [2.24, 2.45) is 5.41 Å². The van der Waals surface area contributed by atoms with Gasteiger partial charge in [-0.15, -0.1) is 0 Å². The molecule has 1 aliphatic carbocycles. The highest BCUT2D eigenvalue weighted by Gasteiger charge is 2.38. The van der Waals surface area contributed by atoms with Gasteiger partial charge in [0.15, 0.2) is 5.65 Å². The number of pyridine rings is 1. The lowest BCUT2D eigenvalue weighted by atomic mass is 10.1. The lowest BCUT2D eigenvalue weighted by Gasteiger charge is -2.10. The van der Waals surface area contributed by atoms with Crippen LogP contribution < -0.4 is 5.73 Å². The molecule has 3 rings (SSSR count). The molecule has 1 fully saturated rings. The summed E-state index contributed by atoms with van der Waals surface area (Å²) in [4.78, 5) is 8.58. The highest BCUT2D eigenvalue weighted by molar-refractivity contribution is 6.31. The number of anilines is 1. The molecule has 0 spiro atoms. The molecule has 0 radical (unpaired) electrons. The van der Waals surface area contributed by atoms with E-state index >= 15 is 0 Å². The molecule has 0 bridgehead atoms. The Morgan fingerprint density at radius 1 is 1.56 bits per heavy atom. The Morgan fingerprint density at radius 2 is 2.31 bits per heavy atom. The van der Waals surface area contributed by atoms with Crippen molar-refractivity contribution >= 4 is 28.7 Å². The summed E-state index contributed by atoms with van der Waals surface area (Å²) in [5.74, 6) is 0.526. The second-order valence-corrected chi connectivity index (χ2v) is 5.30. The monoisotopic (exact) mass is 236 g/mol. The predicted molar refractivity (Wildman–Crippen MR) is 64.3 cm³/mol. The van der Waals surface area contributed by atoms with Crippen LogP contribution >= 0.6 is 11.6 Å². The van der Waals surface area contributed by atoms with Crippen LogP contribution in [0.25, 0.3) is 11.2 Å². The summed E-state index contributed by atoms with van der Waals surface area (Å²) in [6.45, 7) is 3.15. The van der Waals surface area contributed by atoms with Gasteiger partial charge in [-0.1, -0.05) is 18.5 Å². The van der Waals surface area contributed by atoms with Gasteiger partial charge < -0.3 is 5.73 Å². The number of hydrogen-bond donors (Lipinski definition) is 1. The summed E-state index contributed by atoms with van der Waals surface area (Å²) in [7, 11) is 0. The molecular formula is C11H13ClN4. The van der Waals surface area contributed by atoms with E-state index < -0.39 is 0 Å². The first-order valence-corrected chi connectivity index (χ1v) is 5.72. The molecular weight excluding hydrogens is 224 g/mol. The van der Waals surface area contributed by atoms with Gasteiger partial charge in [-0.2, -0.15) is 0 Å². The van der Waals surface area contributed by atoms with Crippen LogP contribution in [-0.4, -0.2) is 14.5 Å². The molecule has 0 atom stereocenters. The first kappa shape index (κ1) is 9.90. The summed E-state index contributed by atoms with van der Waals surface area (Å²) in [6.07, 6.45) is 4.14. The Morgan fingerprint density at radius 3 is 3.00 bits per heavy atom. The number of halogens is 1. The number of fused-ring (bicyclic) bond motifs is 1. The maximum Gasteiger partial charge on any atom is 0.202 e. The van der Waals surface area contributed by atoms with E-state index in [9.17, 15) is 0 Å². The fraction of sp³-hybridized carbons (Fsp3) is 0.455. The third kappa shape index (κ3) is 1.53. The van der Waals surface area contributed by atoms with E-state index in [4.69, 9.17) is 17.3 Å². The van der Waals surface area contributed by atoms with Gasteiger partial charge in [0.25, 0.3) is 0 Å². The number of nitrogens with zero attached hydrogens (tertiary/aromatic N) is 3. The van der Waals surface area contributed by atoms with Crippen LogP contribution in [0.5, 0.6) is 0 Å². The maximum absolute atomic E-state index is 5.91. The van der Waals surface area contributed by atoms with E-state index in [1.807, 2.05) is 4.57 Å². The highest BCUT2D eigenvalue weighted by atomic mass is 35.5. The van der Waals surface area contributed by atoms with Crippen LogP contribution in [0.2, 0.25) is 5.02 Å². The maximum atomic E-state index is 5.91. The second-order valence-electron chi connectivity index (χ2n) is 4.86. The molecule has 2 N–H and O–H groups in total. The van der Waals surface area contributed by atoms with Crippen LogP contribution in [0, 0.1) is 5.41 Å². The molecule has 0 aromatic carbocycles. The SMILES string of the molecule is CC1(Cn2c(N)nc3cc(Cl)cnc32)CC1. The summed E-state index contributed by atoms with van der Waals surface area (Å²) in [6, 6.07) is 1.80. The first-order chi connectivity index (χ1) is 7.57. The number of hydrogen-bond acceptors (Lipinski definition) is 3. The van der Waals surface area contributed by atoms with Gasteiger partial charge in [0.2, 0.25) is 5.95 Å². The van der Waals surface area contributed by atoms with Gasteiger partial charge >= 0.3 is 0 Å². The van der Waals surface area contributed by atoms with Crippen LogP contribution in [0.4, 0.5) is 5.95 Å². The van der Waals surface area contributed by atoms with Crippen molar-refractivity contribution in [3.05, 3.63) is 17.3 Å². The van der Waals surface area contributed by atoms with Gasteiger partial charge in [-0.25, -0.2) is 9.97 Å². The second kappa shape index (κ2) is 3.10. The Kier molecular flexibility index (Phi) is 1.92. The molecule has 0 saturated heterocycles. The molecule has 84 valence electrons.